The van der Waals surface area contributed by atoms with E-state index in [1.54, 1.807) is 29.6 Å². The summed E-state index contributed by atoms with van der Waals surface area (Å²) < 4.78 is 5.28. The van der Waals surface area contributed by atoms with Crippen molar-refractivity contribution in [1.29, 1.82) is 0 Å². The number of fused-ring (bicyclic) bond motifs is 2. The highest BCUT2D eigenvalue weighted by Gasteiger charge is 2.37. The lowest BCUT2D eigenvalue weighted by molar-refractivity contribution is -0.140. The molecule has 8 heteroatoms. The van der Waals surface area contributed by atoms with E-state index in [2.05, 4.69) is 15.0 Å². The number of aryl methyl sites for hydroxylation is 1. The van der Waals surface area contributed by atoms with E-state index < -0.39 is 12.0 Å². The quantitative estimate of drug-likeness (QED) is 0.435. The SMILES string of the molecule is O=C(O)CC(c1cnc2occc2c1)N1CCC(CCCc2ccc3cccnc3n2)C1=O. The van der Waals surface area contributed by atoms with Crippen molar-refractivity contribution in [2.45, 2.75) is 38.1 Å². The number of carbonyl (C=O) groups excluding carboxylic acids is 1. The van der Waals surface area contributed by atoms with Crippen molar-refractivity contribution in [2.75, 3.05) is 6.54 Å². The lowest BCUT2D eigenvalue weighted by Crippen LogP contribution is -2.33. The number of likely N-dealkylation sites (tertiary alicyclic amines) is 1. The number of furan rings is 1. The van der Waals surface area contributed by atoms with Gasteiger partial charge in [0.2, 0.25) is 11.6 Å². The van der Waals surface area contributed by atoms with E-state index in [9.17, 15) is 14.7 Å². The molecular weight excluding hydrogens is 420 g/mol. The molecule has 5 heterocycles. The van der Waals surface area contributed by atoms with Gasteiger partial charge in [0.25, 0.3) is 0 Å². The van der Waals surface area contributed by atoms with Crippen molar-refractivity contribution in [1.82, 2.24) is 19.9 Å². The lowest BCUT2D eigenvalue weighted by Gasteiger charge is -2.27. The molecule has 1 fully saturated rings. The number of carboxylic acids is 1. The highest BCUT2D eigenvalue weighted by Crippen LogP contribution is 2.34. The maximum atomic E-state index is 13.2. The van der Waals surface area contributed by atoms with E-state index in [0.717, 1.165) is 47.8 Å². The molecule has 5 rings (SSSR count). The van der Waals surface area contributed by atoms with E-state index in [4.69, 9.17) is 4.42 Å². The Kier molecular flexibility index (Phi) is 5.73. The van der Waals surface area contributed by atoms with Gasteiger partial charge in [-0.05, 0) is 67.6 Å². The van der Waals surface area contributed by atoms with Crippen LogP contribution in [0.5, 0.6) is 0 Å². The molecule has 168 valence electrons. The second-order valence-corrected chi connectivity index (χ2v) is 8.46. The van der Waals surface area contributed by atoms with Crippen molar-refractivity contribution in [3.8, 4) is 0 Å². The number of nitrogens with zero attached hydrogens (tertiary/aromatic N) is 4. The summed E-state index contributed by atoms with van der Waals surface area (Å²) in [6, 6.07) is 11.0. The molecule has 0 bridgehead atoms. The maximum Gasteiger partial charge on any atom is 0.305 e. The molecule has 4 aromatic rings. The second-order valence-electron chi connectivity index (χ2n) is 8.46. The number of carbonyl (C=O) groups is 2. The summed E-state index contributed by atoms with van der Waals surface area (Å²) in [6.45, 7) is 0.545. The fourth-order valence-electron chi connectivity index (χ4n) is 4.63. The summed E-state index contributed by atoms with van der Waals surface area (Å²) in [5, 5.41) is 11.3. The lowest BCUT2D eigenvalue weighted by atomic mass is 9.99. The Morgan fingerprint density at radius 1 is 1.21 bits per heavy atom. The summed E-state index contributed by atoms with van der Waals surface area (Å²) in [7, 11) is 0. The Morgan fingerprint density at radius 2 is 2.12 bits per heavy atom. The highest BCUT2D eigenvalue weighted by atomic mass is 16.4. The molecule has 1 saturated heterocycles. The van der Waals surface area contributed by atoms with Gasteiger partial charge in [0.05, 0.1) is 18.7 Å². The second kappa shape index (κ2) is 8.97. The number of pyridine rings is 3. The van der Waals surface area contributed by atoms with Crippen LogP contribution in [0.1, 0.15) is 43.0 Å². The smallest absolute Gasteiger partial charge is 0.305 e. The molecule has 0 radical (unpaired) electrons. The molecule has 0 saturated carbocycles. The molecule has 4 aromatic heterocycles. The van der Waals surface area contributed by atoms with Gasteiger partial charge in [-0.1, -0.05) is 0 Å². The fraction of sp³-hybridized carbons (Fsp3) is 0.320. The first kappa shape index (κ1) is 21.1. The molecule has 0 aromatic carbocycles. The largest absolute Gasteiger partial charge is 0.481 e. The Labute approximate surface area is 190 Å². The molecule has 1 aliphatic heterocycles. The standard InChI is InChI=1S/C25H24N4O4/c30-22(31)14-21(19-13-18-9-12-33-24(18)27-15-19)29-11-8-17(25(29)32)3-1-5-20-7-6-16-4-2-10-26-23(16)28-20/h2,4,6-7,9-10,12-13,15,17,21H,1,3,5,8,11,14H2,(H,30,31). The number of carboxylic acid groups (broad SMARTS) is 1. The van der Waals surface area contributed by atoms with Crippen LogP contribution in [0.25, 0.3) is 22.1 Å². The number of aliphatic carboxylic acids is 1. The molecule has 2 atom stereocenters. The van der Waals surface area contributed by atoms with Gasteiger partial charge < -0.3 is 14.4 Å². The van der Waals surface area contributed by atoms with E-state index in [0.29, 0.717) is 17.8 Å². The Hall–Kier alpha value is -3.81. The van der Waals surface area contributed by atoms with Crippen molar-refractivity contribution < 1.29 is 19.1 Å². The van der Waals surface area contributed by atoms with E-state index in [-0.39, 0.29) is 18.2 Å². The van der Waals surface area contributed by atoms with Crippen LogP contribution in [0.4, 0.5) is 0 Å². The zero-order valence-electron chi connectivity index (χ0n) is 18.1. The maximum absolute atomic E-state index is 13.2. The van der Waals surface area contributed by atoms with Crippen molar-refractivity contribution >= 4 is 34.0 Å². The average Bonchev–Trinajstić information content (AvgIpc) is 3.43. The van der Waals surface area contributed by atoms with Gasteiger partial charge in [-0.15, -0.1) is 0 Å². The number of rotatable bonds is 8. The number of aromatic nitrogens is 3. The predicted molar refractivity (Wildman–Crippen MR) is 121 cm³/mol. The van der Waals surface area contributed by atoms with Gasteiger partial charge in [-0.25, -0.2) is 15.0 Å². The molecule has 1 N–H and O–H groups in total. The third kappa shape index (κ3) is 4.41. The summed E-state index contributed by atoms with van der Waals surface area (Å²) in [5.74, 6) is -1.04. The average molecular weight is 444 g/mol. The molecule has 1 aliphatic rings. The fourth-order valence-corrected chi connectivity index (χ4v) is 4.63. The Morgan fingerprint density at radius 3 is 3.00 bits per heavy atom. The third-order valence-electron chi connectivity index (χ3n) is 6.31. The van der Waals surface area contributed by atoms with Crippen LogP contribution in [0.2, 0.25) is 0 Å². The van der Waals surface area contributed by atoms with Crippen molar-refractivity contribution in [3.63, 3.8) is 0 Å². The minimum Gasteiger partial charge on any atom is -0.481 e. The molecule has 1 amide bonds. The van der Waals surface area contributed by atoms with Gasteiger partial charge in [-0.3, -0.25) is 9.59 Å². The van der Waals surface area contributed by atoms with E-state index in [1.165, 1.54) is 0 Å². The molecule has 0 spiro atoms. The first-order valence-corrected chi connectivity index (χ1v) is 11.1. The summed E-state index contributed by atoms with van der Waals surface area (Å²) in [6.07, 6.45) is 7.82. The Bertz CT molecular complexity index is 1320. The third-order valence-corrected chi connectivity index (χ3v) is 6.31. The van der Waals surface area contributed by atoms with Crippen LogP contribution >= 0.6 is 0 Å². The molecule has 0 aliphatic carbocycles. The van der Waals surface area contributed by atoms with Crippen LogP contribution in [0.3, 0.4) is 0 Å². The van der Waals surface area contributed by atoms with Gasteiger partial charge in [-0.2, -0.15) is 0 Å². The van der Waals surface area contributed by atoms with E-state index in [1.807, 2.05) is 30.3 Å². The van der Waals surface area contributed by atoms with Gasteiger partial charge in [0.1, 0.15) is 0 Å². The number of hydrogen-bond donors (Lipinski definition) is 1. The zero-order chi connectivity index (χ0) is 22.8. The van der Waals surface area contributed by atoms with Gasteiger partial charge in [0, 0.05) is 41.3 Å². The van der Waals surface area contributed by atoms with E-state index >= 15 is 0 Å². The van der Waals surface area contributed by atoms with Gasteiger partial charge in [0.15, 0.2) is 5.65 Å². The summed E-state index contributed by atoms with van der Waals surface area (Å²) in [4.78, 5) is 39.7. The van der Waals surface area contributed by atoms with Crippen molar-refractivity contribution in [3.05, 3.63) is 66.3 Å². The van der Waals surface area contributed by atoms with Gasteiger partial charge >= 0.3 is 5.97 Å². The summed E-state index contributed by atoms with van der Waals surface area (Å²) >= 11 is 0. The minimum absolute atomic E-state index is 0.0154. The van der Waals surface area contributed by atoms with Crippen molar-refractivity contribution in [2.24, 2.45) is 5.92 Å². The van der Waals surface area contributed by atoms with Crippen LogP contribution in [-0.4, -0.2) is 43.4 Å². The Balaban J connectivity index is 1.25. The monoisotopic (exact) mass is 444 g/mol. The zero-order valence-corrected chi connectivity index (χ0v) is 18.1. The van der Waals surface area contributed by atoms with Crippen LogP contribution in [0, 0.1) is 5.92 Å². The topological polar surface area (TPSA) is 109 Å². The number of amides is 1. The molecule has 2 unspecified atom stereocenters. The predicted octanol–water partition coefficient (Wildman–Crippen LogP) is 4.16. The minimum atomic E-state index is -0.945. The van der Waals surface area contributed by atoms with Crippen LogP contribution < -0.4 is 0 Å². The first-order valence-electron chi connectivity index (χ1n) is 11.1. The van der Waals surface area contributed by atoms with Crippen LogP contribution in [0.15, 0.2) is 59.5 Å². The molecule has 33 heavy (non-hydrogen) atoms. The van der Waals surface area contributed by atoms with Crippen LogP contribution in [-0.2, 0) is 16.0 Å². The number of hydrogen-bond acceptors (Lipinski definition) is 6. The highest BCUT2D eigenvalue weighted by molar-refractivity contribution is 5.82. The normalized spacial score (nSPS) is 17.2. The molecule has 8 nitrogen and oxygen atoms in total. The first-order chi connectivity index (χ1) is 16.1. The molecular formula is C25H24N4O4. The summed E-state index contributed by atoms with van der Waals surface area (Å²) in [5.41, 5.74) is 2.91.